The van der Waals surface area contributed by atoms with E-state index in [0.717, 1.165) is 61.3 Å². The minimum absolute atomic E-state index is 0.152. The van der Waals surface area contributed by atoms with Gasteiger partial charge in [-0.1, -0.05) is 0 Å². The third kappa shape index (κ3) is 2.99. The Kier molecular flexibility index (Phi) is 4.59. The number of nitrogens with zero attached hydrogens (tertiary/aromatic N) is 2. The molecule has 1 saturated heterocycles. The molecule has 3 heterocycles. The molecular formula is C20H24N2O2S. The van der Waals surface area contributed by atoms with Crippen LogP contribution in [0.25, 0.3) is 0 Å². The number of likely N-dealkylation sites (tertiary alicyclic amines) is 1. The van der Waals surface area contributed by atoms with Gasteiger partial charge in [0.15, 0.2) is 5.78 Å². The first-order valence-electron chi connectivity index (χ1n) is 9.29. The van der Waals surface area contributed by atoms with Crippen LogP contribution >= 0.6 is 11.3 Å². The summed E-state index contributed by atoms with van der Waals surface area (Å²) in [5.74, 6) is -0.137. The predicted molar refractivity (Wildman–Crippen MR) is 100.0 cm³/mol. The van der Waals surface area contributed by atoms with Crippen LogP contribution in [0.1, 0.15) is 56.9 Å². The SMILES string of the molecule is CC1=NC2=C(C(=O)CCC2)[C@@H](c2ccsc2)C1C(=O)N1CCCCC1. The zero-order valence-electron chi connectivity index (χ0n) is 14.7. The van der Waals surface area contributed by atoms with Crippen molar-refractivity contribution in [3.8, 4) is 0 Å². The van der Waals surface area contributed by atoms with Crippen molar-refractivity contribution in [2.75, 3.05) is 13.1 Å². The maximum Gasteiger partial charge on any atom is 0.232 e. The summed E-state index contributed by atoms with van der Waals surface area (Å²) in [5.41, 5.74) is 3.70. The summed E-state index contributed by atoms with van der Waals surface area (Å²) in [5, 5.41) is 4.12. The first-order chi connectivity index (χ1) is 12.2. The summed E-state index contributed by atoms with van der Waals surface area (Å²) < 4.78 is 0. The van der Waals surface area contributed by atoms with Crippen molar-refractivity contribution in [3.63, 3.8) is 0 Å². The lowest BCUT2D eigenvalue weighted by Gasteiger charge is -2.38. The smallest absolute Gasteiger partial charge is 0.232 e. The van der Waals surface area contributed by atoms with Crippen LogP contribution in [0.5, 0.6) is 0 Å². The number of piperidine rings is 1. The number of Topliss-reactive ketones (excluding diaryl/α,β-unsaturated/α-hetero) is 1. The van der Waals surface area contributed by atoms with Gasteiger partial charge in [0, 0.05) is 42.4 Å². The summed E-state index contributed by atoms with van der Waals surface area (Å²) in [4.78, 5) is 32.8. The van der Waals surface area contributed by atoms with Gasteiger partial charge in [-0.15, -0.1) is 0 Å². The molecule has 0 aromatic carbocycles. The quantitative estimate of drug-likeness (QED) is 0.806. The summed E-state index contributed by atoms with van der Waals surface area (Å²) in [6.45, 7) is 3.63. The molecule has 3 aliphatic rings. The van der Waals surface area contributed by atoms with Crippen LogP contribution in [-0.2, 0) is 9.59 Å². The van der Waals surface area contributed by atoms with Crippen LogP contribution < -0.4 is 0 Å². The van der Waals surface area contributed by atoms with Crippen molar-refractivity contribution in [1.82, 2.24) is 4.90 Å². The Bertz CT molecular complexity index is 742. The Morgan fingerprint density at radius 1 is 1.20 bits per heavy atom. The average Bonchev–Trinajstić information content (AvgIpc) is 3.15. The number of thiophene rings is 1. The molecule has 5 heteroatoms. The van der Waals surface area contributed by atoms with Gasteiger partial charge in [0.2, 0.25) is 5.91 Å². The molecule has 2 aliphatic heterocycles. The van der Waals surface area contributed by atoms with Crippen LogP contribution in [0.15, 0.2) is 33.1 Å². The second kappa shape index (κ2) is 6.87. The van der Waals surface area contributed by atoms with E-state index in [4.69, 9.17) is 4.99 Å². The molecule has 0 saturated carbocycles. The highest BCUT2D eigenvalue weighted by molar-refractivity contribution is 7.08. The van der Waals surface area contributed by atoms with Gasteiger partial charge in [0.1, 0.15) is 0 Å². The average molecular weight is 356 g/mol. The van der Waals surface area contributed by atoms with Crippen molar-refractivity contribution in [2.45, 2.75) is 51.4 Å². The highest BCUT2D eigenvalue weighted by Gasteiger charge is 2.43. The molecule has 4 rings (SSSR count). The molecular weight excluding hydrogens is 332 g/mol. The minimum Gasteiger partial charge on any atom is -0.342 e. The first kappa shape index (κ1) is 16.7. The van der Waals surface area contributed by atoms with Gasteiger partial charge in [0.05, 0.1) is 5.92 Å². The fourth-order valence-corrected chi connectivity index (χ4v) is 5.15. The molecule has 0 radical (unpaired) electrons. The third-order valence-corrected chi connectivity index (χ3v) is 6.37. The monoisotopic (exact) mass is 356 g/mol. The van der Waals surface area contributed by atoms with Crippen molar-refractivity contribution < 1.29 is 9.59 Å². The van der Waals surface area contributed by atoms with Gasteiger partial charge in [-0.25, -0.2) is 0 Å². The van der Waals surface area contributed by atoms with Gasteiger partial charge in [0.25, 0.3) is 0 Å². The Hall–Kier alpha value is -1.75. The number of aliphatic imine (C=N–C) groups is 1. The molecule has 1 aromatic rings. The number of ketones is 1. The van der Waals surface area contributed by atoms with Gasteiger partial charge < -0.3 is 4.90 Å². The zero-order valence-corrected chi connectivity index (χ0v) is 15.5. The molecule has 25 heavy (non-hydrogen) atoms. The van der Waals surface area contributed by atoms with Crippen LogP contribution in [0.4, 0.5) is 0 Å². The number of carbonyl (C=O) groups is 2. The second-order valence-corrected chi connectivity index (χ2v) is 8.07. The zero-order chi connectivity index (χ0) is 17.4. The van der Waals surface area contributed by atoms with Crippen LogP contribution in [0.2, 0.25) is 0 Å². The van der Waals surface area contributed by atoms with Gasteiger partial charge in [-0.2, -0.15) is 11.3 Å². The topological polar surface area (TPSA) is 49.7 Å². The van der Waals surface area contributed by atoms with Crippen molar-refractivity contribution >= 4 is 28.7 Å². The number of carbonyl (C=O) groups excluding carboxylic acids is 2. The fraction of sp³-hybridized carbons (Fsp3) is 0.550. The maximum atomic E-state index is 13.4. The summed E-state index contributed by atoms with van der Waals surface area (Å²) in [7, 11) is 0. The van der Waals surface area contributed by atoms with E-state index < -0.39 is 0 Å². The van der Waals surface area contributed by atoms with E-state index in [1.54, 1.807) is 11.3 Å². The van der Waals surface area contributed by atoms with Gasteiger partial charge in [-0.05, 0) is 61.4 Å². The Balaban J connectivity index is 1.77. The molecule has 1 aromatic heterocycles. The Labute approximate surface area is 152 Å². The number of hydrogen-bond donors (Lipinski definition) is 0. The fourth-order valence-electron chi connectivity index (χ4n) is 4.45. The summed E-state index contributed by atoms with van der Waals surface area (Å²) in [6, 6.07) is 2.07. The van der Waals surface area contributed by atoms with E-state index in [0.29, 0.717) is 6.42 Å². The van der Waals surface area contributed by atoms with E-state index in [9.17, 15) is 9.59 Å². The second-order valence-electron chi connectivity index (χ2n) is 7.29. The van der Waals surface area contributed by atoms with Crippen molar-refractivity contribution in [2.24, 2.45) is 10.9 Å². The molecule has 1 fully saturated rings. The molecule has 2 atom stereocenters. The lowest BCUT2D eigenvalue weighted by Crippen LogP contribution is -2.46. The molecule has 1 unspecified atom stereocenters. The van der Waals surface area contributed by atoms with Gasteiger partial charge in [-0.3, -0.25) is 14.6 Å². The lowest BCUT2D eigenvalue weighted by molar-refractivity contribution is -0.134. The predicted octanol–water partition coefficient (Wildman–Crippen LogP) is 3.94. The highest BCUT2D eigenvalue weighted by atomic mass is 32.1. The molecule has 132 valence electrons. The number of rotatable bonds is 2. The molecule has 4 nitrogen and oxygen atoms in total. The van der Waals surface area contributed by atoms with E-state index >= 15 is 0 Å². The first-order valence-corrected chi connectivity index (χ1v) is 10.2. The maximum absolute atomic E-state index is 13.4. The number of amides is 1. The van der Waals surface area contributed by atoms with E-state index in [1.807, 2.05) is 17.2 Å². The molecule has 0 spiro atoms. The Morgan fingerprint density at radius 2 is 2.00 bits per heavy atom. The highest BCUT2D eigenvalue weighted by Crippen LogP contribution is 2.44. The van der Waals surface area contributed by atoms with Crippen LogP contribution in [0.3, 0.4) is 0 Å². The van der Waals surface area contributed by atoms with E-state index in [-0.39, 0.29) is 23.5 Å². The minimum atomic E-state index is -0.325. The van der Waals surface area contributed by atoms with Crippen molar-refractivity contribution in [1.29, 1.82) is 0 Å². The largest absolute Gasteiger partial charge is 0.342 e. The summed E-state index contributed by atoms with van der Waals surface area (Å²) in [6.07, 6.45) is 5.65. The van der Waals surface area contributed by atoms with E-state index in [2.05, 4.69) is 11.4 Å². The molecule has 0 N–H and O–H groups in total. The van der Waals surface area contributed by atoms with Crippen LogP contribution in [-0.4, -0.2) is 35.4 Å². The summed E-state index contributed by atoms with van der Waals surface area (Å²) >= 11 is 1.63. The number of allylic oxidation sites excluding steroid dienone is 2. The molecule has 0 bridgehead atoms. The standard InChI is InChI=1S/C20H24N2O2S/c1-13-17(20(24)22-9-3-2-4-10-22)18(14-8-11-25-12-14)19-15(21-13)6-5-7-16(19)23/h8,11-12,17-18H,2-7,9-10H2,1H3/t17?,18-/m0/s1. The van der Waals surface area contributed by atoms with Crippen molar-refractivity contribution in [3.05, 3.63) is 33.7 Å². The van der Waals surface area contributed by atoms with E-state index in [1.165, 1.54) is 6.42 Å². The molecule has 1 amide bonds. The lowest BCUT2D eigenvalue weighted by atomic mass is 9.72. The van der Waals surface area contributed by atoms with Crippen LogP contribution in [0, 0.1) is 5.92 Å². The molecule has 1 aliphatic carbocycles. The Morgan fingerprint density at radius 3 is 2.72 bits per heavy atom. The third-order valence-electron chi connectivity index (χ3n) is 5.67. The van der Waals surface area contributed by atoms with Gasteiger partial charge >= 0.3 is 0 Å². The normalized spacial score (nSPS) is 27.2. The number of hydrogen-bond acceptors (Lipinski definition) is 4.